The number of carbonyl (C=O) groups excluding carboxylic acids is 3. The van der Waals surface area contributed by atoms with Crippen LogP contribution in [0.3, 0.4) is 0 Å². The maximum atomic E-state index is 13.7. The van der Waals surface area contributed by atoms with Crippen LogP contribution in [0.1, 0.15) is 5.56 Å². The van der Waals surface area contributed by atoms with Crippen LogP contribution in [-0.4, -0.2) is 42.7 Å². The number of hydrogen-bond donors (Lipinski definition) is 1. The van der Waals surface area contributed by atoms with E-state index in [9.17, 15) is 18.8 Å². The lowest BCUT2D eigenvalue weighted by Gasteiger charge is -2.13. The van der Waals surface area contributed by atoms with Gasteiger partial charge in [0, 0.05) is 0 Å². The number of amides is 3. The van der Waals surface area contributed by atoms with Gasteiger partial charge in [-0.05, 0) is 47.7 Å². The molecule has 30 heavy (non-hydrogen) atoms. The Morgan fingerprint density at radius 1 is 1.23 bits per heavy atom. The molecule has 3 rings (SSSR count). The lowest BCUT2D eigenvalue weighted by Crippen LogP contribution is -2.36. The zero-order chi connectivity index (χ0) is 21.8. The molecule has 0 aromatic heterocycles. The molecule has 0 saturated carbocycles. The first-order valence-corrected chi connectivity index (χ1v) is 9.74. The van der Waals surface area contributed by atoms with Crippen molar-refractivity contribution in [2.75, 3.05) is 26.1 Å². The van der Waals surface area contributed by atoms with Gasteiger partial charge in [0.25, 0.3) is 11.1 Å². The Kier molecular flexibility index (Phi) is 6.63. The van der Waals surface area contributed by atoms with E-state index in [1.807, 2.05) is 0 Å². The molecule has 0 unspecified atom stereocenters. The molecule has 1 aliphatic heterocycles. The van der Waals surface area contributed by atoms with Gasteiger partial charge in [0.1, 0.15) is 12.4 Å². The third kappa shape index (κ3) is 4.58. The van der Waals surface area contributed by atoms with E-state index in [0.29, 0.717) is 28.8 Å². The highest BCUT2D eigenvalue weighted by molar-refractivity contribution is 8.18. The van der Waals surface area contributed by atoms with Gasteiger partial charge in [-0.25, -0.2) is 4.39 Å². The molecule has 2 aromatic rings. The zero-order valence-corrected chi connectivity index (χ0v) is 17.5. The zero-order valence-electron chi connectivity index (χ0n) is 15.9. The quantitative estimate of drug-likeness (QED) is 0.665. The SMILES string of the molecule is COc1cc(C=C2SC(=O)N(CC(=O)Nc3ccccc3F)C2=O)cc(Cl)c1OC. The average Bonchev–Trinajstić information content (AvgIpc) is 2.96. The number of hydrogen-bond acceptors (Lipinski definition) is 6. The molecular weight excluding hydrogens is 435 g/mol. The summed E-state index contributed by atoms with van der Waals surface area (Å²) in [4.78, 5) is 37.9. The number of rotatable bonds is 6. The van der Waals surface area contributed by atoms with Crippen LogP contribution >= 0.6 is 23.4 Å². The monoisotopic (exact) mass is 450 g/mol. The summed E-state index contributed by atoms with van der Waals surface area (Å²) in [5.74, 6) is -1.25. The minimum Gasteiger partial charge on any atom is -0.493 e. The maximum absolute atomic E-state index is 13.7. The maximum Gasteiger partial charge on any atom is 0.294 e. The van der Waals surface area contributed by atoms with Crippen LogP contribution in [0.4, 0.5) is 14.9 Å². The van der Waals surface area contributed by atoms with Crippen LogP contribution in [-0.2, 0) is 9.59 Å². The molecule has 1 N–H and O–H groups in total. The molecule has 0 aliphatic carbocycles. The first-order chi connectivity index (χ1) is 14.3. The van der Waals surface area contributed by atoms with Crippen LogP contribution in [0.5, 0.6) is 11.5 Å². The standard InChI is InChI=1S/C20H16ClFN2O5S/c1-28-15-8-11(7-12(21)18(15)29-2)9-16-19(26)24(20(27)30-16)10-17(25)23-14-6-4-3-5-13(14)22/h3-9H,10H2,1-2H3,(H,23,25). The van der Waals surface area contributed by atoms with E-state index in [0.717, 1.165) is 4.90 Å². The molecule has 1 fully saturated rings. The second-order valence-electron chi connectivity index (χ2n) is 6.03. The Labute approximate surface area is 180 Å². The third-order valence-corrected chi connectivity index (χ3v) is 5.27. The Morgan fingerprint density at radius 3 is 2.63 bits per heavy atom. The molecule has 1 saturated heterocycles. The fraction of sp³-hybridized carbons (Fsp3) is 0.150. The molecule has 3 amide bonds. The van der Waals surface area contributed by atoms with Crippen molar-refractivity contribution in [2.24, 2.45) is 0 Å². The van der Waals surface area contributed by atoms with Crippen LogP contribution in [0.2, 0.25) is 5.02 Å². The molecule has 0 bridgehead atoms. The van der Waals surface area contributed by atoms with Crippen molar-refractivity contribution in [1.29, 1.82) is 0 Å². The van der Waals surface area contributed by atoms with Crippen molar-refractivity contribution >= 4 is 52.2 Å². The van der Waals surface area contributed by atoms with Crippen molar-refractivity contribution < 1.29 is 28.2 Å². The number of ether oxygens (including phenoxy) is 2. The second-order valence-corrected chi connectivity index (χ2v) is 7.43. The lowest BCUT2D eigenvalue weighted by atomic mass is 10.2. The summed E-state index contributed by atoms with van der Waals surface area (Å²) < 4.78 is 24.0. The summed E-state index contributed by atoms with van der Waals surface area (Å²) in [5.41, 5.74) is 0.476. The fourth-order valence-electron chi connectivity index (χ4n) is 2.70. The number of thioether (sulfide) groups is 1. The van der Waals surface area contributed by atoms with Gasteiger partial charge in [0.15, 0.2) is 11.5 Å². The van der Waals surface area contributed by atoms with Gasteiger partial charge in [-0.3, -0.25) is 19.3 Å². The Bertz CT molecular complexity index is 1060. The molecule has 10 heteroatoms. The van der Waals surface area contributed by atoms with Crippen molar-refractivity contribution in [3.05, 3.63) is 57.7 Å². The Morgan fingerprint density at radius 2 is 1.97 bits per heavy atom. The van der Waals surface area contributed by atoms with Crippen LogP contribution < -0.4 is 14.8 Å². The topological polar surface area (TPSA) is 84.9 Å². The van der Waals surface area contributed by atoms with E-state index in [2.05, 4.69) is 5.32 Å². The number of benzene rings is 2. The third-order valence-electron chi connectivity index (χ3n) is 4.08. The molecule has 0 radical (unpaired) electrons. The molecule has 0 atom stereocenters. The summed E-state index contributed by atoms with van der Waals surface area (Å²) in [6.07, 6.45) is 1.47. The second kappa shape index (κ2) is 9.19. The molecular formula is C20H16ClFN2O5S. The highest BCUT2D eigenvalue weighted by Crippen LogP contribution is 2.38. The van der Waals surface area contributed by atoms with E-state index in [-0.39, 0.29) is 15.6 Å². The molecule has 1 heterocycles. The van der Waals surface area contributed by atoms with Crippen molar-refractivity contribution in [2.45, 2.75) is 0 Å². The number of nitrogens with one attached hydrogen (secondary N) is 1. The van der Waals surface area contributed by atoms with E-state index >= 15 is 0 Å². The molecule has 1 aliphatic rings. The van der Waals surface area contributed by atoms with Crippen molar-refractivity contribution in [3.63, 3.8) is 0 Å². The lowest BCUT2D eigenvalue weighted by molar-refractivity contribution is -0.127. The minimum absolute atomic E-state index is 0.0371. The Balaban J connectivity index is 1.77. The molecule has 156 valence electrons. The number of anilines is 1. The molecule has 7 nitrogen and oxygen atoms in total. The van der Waals surface area contributed by atoms with Gasteiger partial charge < -0.3 is 14.8 Å². The number of nitrogens with zero attached hydrogens (tertiary/aromatic N) is 1. The smallest absolute Gasteiger partial charge is 0.294 e. The van der Waals surface area contributed by atoms with Gasteiger partial charge >= 0.3 is 0 Å². The number of carbonyl (C=O) groups is 3. The van der Waals surface area contributed by atoms with Crippen molar-refractivity contribution in [1.82, 2.24) is 4.90 Å². The average molecular weight is 451 g/mol. The number of para-hydroxylation sites is 1. The van der Waals surface area contributed by atoms with Crippen molar-refractivity contribution in [3.8, 4) is 11.5 Å². The summed E-state index contributed by atoms with van der Waals surface area (Å²) >= 11 is 6.85. The predicted octanol–water partition coefficient (Wildman–Crippen LogP) is 4.17. The first kappa shape index (κ1) is 21.7. The van der Waals surface area contributed by atoms with E-state index < -0.39 is 29.4 Å². The summed E-state index contributed by atoms with van der Waals surface area (Å²) in [7, 11) is 2.89. The van der Waals surface area contributed by atoms with Gasteiger partial charge in [0.05, 0.1) is 29.8 Å². The Hall–Kier alpha value is -3.04. The normalized spacial score (nSPS) is 14.9. The van der Waals surface area contributed by atoms with E-state index in [1.54, 1.807) is 18.2 Å². The molecule has 0 spiro atoms. The first-order valence-electron chi connectivity index (χ1n) is 8.55. The van der Waals surface area contributed by atoms with Gasteiger partial charge in [-0.15, -0.1) is 0 Å². The predicted molar refractivity (Wildman–Crippen MR) is 112 cm³/mol. The number of imide groups is 1. The summed E-state index contributed by atoms with van der Waals surface area (Å²) in [5, 5.41) is 2.00. The summed E-state index contributed by atoms with van der Waals surface area (Å²) in [6, 6.07) is 8.75. The highest BCUT2D eigenvalue weighted by atomic mass is 35.5. The molecule has 2 aromatic carbocycles. The van der Waals surface area contributed by atoms with Crippen LogP contribution in [0.15, 0.2) is 41.3 Å². The van der Waals surface area contributed by atoms with Crippen LogP contribution in [0.25, 0.3) is 6.08 Å². The number of methoxy groups -OCH3 is 2. The van der Waals surface area contributed by atoms with Crippen LogP contribution in [0, 0.1) is 5.82 Å². The highest BCUT2D eigenvalue weighted by Gasteiger charge is 2.36. The van der Waals surface area contributed by atoms with Gasteiger partial charge in [-0.2, -0.15) is 0 Å². The summed E-state index contributed by atoms with van der Waals surface area (Å²) in [6.45, 7) is -0.539. The van der Waals surface area contributed by atoms with E-state index in [1.165, 1.54) is 38.5 Å². The van der Waals surface area contributed by atoms with Gasteiger partial charge in [0.2, 0.25) is 5.91 Å². The fourth-order valence-corrected chi connectivity index (χ4v) is 3.84. The van der Waals surface area contributed by atoms with Gasteiger partial charge in [-0.1, -0.05) is 23.7 Å². The minimum atomic E-state index is -0.696. The van der Waals surface area contributed by atoms with E-state index in [4.69, 9.17) is 21.1 Å². The number of halogens is 2. The largest absolute Gasteiger partial charge is 0.493 e.